The number of halogens is 1. The van der Waals surface area contributed by atoms with Gasteiger partial charge in [0, 0.05) is 5.02 Å². The van der Waals surface area contributed by atoms with Crippen LogP contribution in [0.3, 0.4) is 0 Å². The summed E-state index contributed by atoms with van der Waals surface area (Å²) < 4.78 is 0. The van der Waals surface area contributed by atoms with Crippen molar-refractivity contribution in [3.8, 4) is 5.75 Å². The Bertz CT molecular complexity index is 506. The van der Waals surface area contributed by atoms with Crippen LogP contribution in [0.2, 0.25) is 5.02 Å². The summed E-state index contributed by atoms with van der Waals surface area (Å²) in [4.78, 5) is 0. The van der Waals surface area contributed by atoms with Gasteiger partial charge in [0.15, 0.2) is 0 Å². The first kappa shape index (κ1) is 11.0. The molecule has 0 amide bonds. The first-order chi connectivity index (χ1) is 7.66. The average molecular weight is 233 g/mol. The highest BCUT2D eigenvalue weighted by molar-refractivity contribution is 6.31. The number of hydrogen-bond acceptors (Lipinski definition) is 1. The van der Waals surface area contributed by atoms with Crippen molar-refractivity contribution in [1.82, 2.24) is 0 Å². The summed E-state index contributed by atoms with van der Waals surface area (Å²) in [5.41, 5.74) is 3.15. The molecule has 1 nitrogen and oxygen atoms in total. The SMILES string of the molecule is Cc1cc(Cc2ccccc2Cl)ccc1O. The number of aryl methyl sites for hydroxylation is 1. The molecule has 0 heterocycles. The van der Waals surface area contributed by atoms with Crippen molar-refractivity contribution in [2.75, 3.05) is 0 Å². The second kappa shape index (κ2) is 4.58. The highest BCUT2D eigenvalue weighted by atomic mass is 35.5. The van der Waals surface area contributed by atoms with Crippen LogP contribution in [0.1, 0.15) is 16.7 Å². The second-order valence-corrected chi connectivity index (χ2v) is 4.30. The van der Waals surface area contributed by atoms with Gasteiger partial charge >= 0.3 is 0 Å². The maximum atomic E-state index is 9.44. The number of benzene rings is 2. The van der Waals surface area contributed by atoms with Crippen LogP contribution in [0.15, 0.2) is 42.5 Å². The zero-order valence-corrected chi connectivity index (χ0v) is 9.83. The van der Waals surface area contributed by atoms with E-state index < -0.39 is 0 Å². The fourth-order valence-electron chi connectivity index (χ4n) is 1.69. The van der Waals surface area contributed by atoms with E-state index in [1.165, 1.54) is 0 Å². The molecule has 2 aromatic rings. The van der Waals surface area contributed by atoms with E-state index in [1.807, 2.05) is 43.3 Å². The number of phenols is 1. The lowest BCUT2D eigenvalue weighted by atomic mass is 10.0. The van der Waals surface area contributed by atoms with Crippen LogP contribution >= 0.6 is 11.6 Å². The van der Waals surface area contributed by atoms with Gasteiger partial charge < -0.3 is 5.11 Å². The van der Waals surface area contributed by atoms with Gasteiger partial charge in [0.25, 0.3) is 0 Å². The molecule has 0 atom stereocenters. The Hall–Kier alpha value is -1.47. The Kier molecular flexibility index (Phi) is 3.16. The zero-order valence-electron chi connectivity index (χ0n) is 9.07. The zero-order chi connectivity index (χ0) is 11.5. The summed E-state index contributed by atoms with van der Waals surface area (Å²) >= 11 is 6.10. The minimum Gasteiger partial charge on any atom is -0.508 e. The van der Waals surface area contributed by atoms with Gasteiger partial charge in [-0.3, -0.25) is 0 Å². The lowest BCUT2D eigenvalue weighted by molar-refractivity contribution is 0.471. The highest BCUT2D eigenvalue weighted by Gasteiger charge is 2.02. The van der Waals surface area contributed by atoms with Gasteiger partial charge in [0.05, 0.1) is 0 Å². The van der Waals surface area contributed by atoms with E-state index in [9.17, 15) is 5.11 Å². The Morgan fingerprint density at radius 1 is 1.12 bits per heavy atom. The summed E-state index contributed by atoms with van der Waals surface area (Å²) in [6.45, 7) is 1.89. The molecule has 0 saturated carbocycles. The molecule has 0 aliphatic rings. The predicted octanol–water partition coefficient (Wildman–Crippen LogP) is 3.94. The summed E-state index contributed by atoms with van der Waals surface area (Å²) in [5, 5.41) is 10.2. The number of hydrogen-bond donors (Lipinski definition) is 1. The smallest absolute Gasteiger partial charge is 0.118 e. The summed E-state index contributed by atoms with van der Waals surface area (Å²) in [6.07, 6.45) is 0.792. The van der Waals surface area contributed by atoms with Crippen molar-refractivity contribution in [3.05, 3.63) is 64.2 Å². The molecule has 0 saturated heterocycles. The quantitative estimate of drug-likeness (QED) is 0.832. The summed E-state index contributed by atoms with van der Waals surface area (Å²) in [7, 11) is 0. The van der Waals surface area contributed by atoms with Gasteiger partial charge in [-0.05, 0) is 42.2 Å². The van der Waals surface area contributed by atoms with Crippen LogP contribution < -0.4 is 0 Å². The molecule has 2 heteroatoms. The molecule has 0 aliphatic carbocycles. The fraction of sp³-hybridized carbons (Fsp3) is 0.143. The van der Waals surface area contributed by atoms with Crippen LogP contribution in [0.25, 0.3) is 0 Å². The molecule has 0 fully saturated rings. The molecular weight excluding hydrogens is 220 g/mol. The average Bonchev–Trinajstić information content (AvgIpc) is 2.27. The Balaban J connectivity index is 2.28. The Labute approximate surface area is 100 Å². The molecule has 0 aromatic heterocycles. The lowest BCUT2D eigenvalue weighted by Gasteiger charge is -2.06. The van der Waals surface area contributed by atoms with Crippen LogP contribution in [-0.2, 0) is 6.42 Å². The molecule has 82 valence electrons. The van der Waals surface area contributed by atoms with Crippen LogP contribution in [-0.4, -0.2) is 5.11 Å². The molecule has 0 bridgehead atoms. The highest BCUT2D eigenvalue weighted by Crippen LogP contribution is 2.22. The predicted molar refractivity (Wildman–Crippen MR) is 67.1 cm³/mol. The summed E-state index contributed by atoms with van der Waals surface area (Å²) in [6, 6.07) is 13.4. The van der Waals surface area contributed by atoms with Crippen LogP contribution in [0, 0.1) is 6.92 Å². The number of rotatable bonds is 2. The molecular formula is C14H13ClO. The minimum absolute atomic E-state index is 0.336. The fourth-order valence-corrected chi connectivity index (χ4v) is 1.89. The molecule has 2 rings (SSSR count). The van der Waals surface area contributed by atoms with E-state index >= 15 is 0 Å². The molecule has 2 aromatic carbocycles. The van der Waals surface area contributed by atoms with Crippen molar-refractivity contribution >= 4 is 11.6 Å². The number of aromatic hydroxyl groups is 1. The van der Waals surface area contributed by atoms with Crippen LogP contribution in [0.4, 0.5) is 0 Å². The first-order valence-electron chi connectivity index (χ1n) is 5.19. The van der Waals surface area contributed by atoms with Gasteiger partial charge in [-0.25, -0.2) is 0 Å². The third kappa shape index (κ3) is 2.37. The lowest BCUT2D eigenvalue weighted by Crippen LogP contribution is -1.90. The van der Waals surface area contributed by atoms with Gasteiger partial charge in [-0.2, -0.15) is 0 Å². The van der Waals surface area contributed by atoms with E-state index in [1.54, 1.807) is 6.07 Å². The normalized spacial score (nSPS) is 10.4. The first-order valence-corrected chi connectivity index (χ1v) is 5.56. The van der Waals surface area contributed by atoms with Gasteiger partial charge in [-0.1, -0.05) is 41.9 Å². The van der Waals surface area contributed by atoms with Crippen molar-refractivity contribution in [3.63, 3.8) is 0 Å². The van der Waals surface area contributed by atoms with E-state index in [4.69, 9.17) is 11.6 Å². The van der Waals surface area contributed by atoms with Crippen molar-refractivity contribution in [1.29, 1.82) is 0 Å². The van der Waals surface area contributed by atoms with Crippen LogP contribution in [0.5, 0.6) is 5.75 Å². The van der Waals surface area contributed by atoms with E-state index in [-0.39, 0.29) is 0 Å². The van der Waals surface area contributed by atoms with E-state index in [0.717, 1.165) is 28.1 Å². The topological polar surface area (TPSA) is 20.2 Å². The molecule has 1 N–H and O–H groups in total. The van der Waals surface area contributed by atoms with Crippen molar-refractivity contribution < 1.29 is 5.11 Å². The molecule has 0 spiro atoms. The number of phenolic OH excluding ortho intramolecular Hbond substituents is 1. The molecule has 0 aliphatic heterocycles. The third-order valence-electron chi connectivity index (χ3n) is 2.61. The van der Waals surface area contributed by atoms with E-state index in [0.29, 0.717) is 5.75 Å². The van der Waals surface area contributed by atoms with Crippen molar-refractivity contribution in [2.45, 2.75) is 13.3 Å². The minimum atomic E-state index is 0.336. The molecule has 0 radical (unpaired) electrons. The monoisotopic (exact) mass is 232 g/mol. The molecule has 16 heavy (non-hydrogen) atoms. The van der Waals surface area contributed by atoms with Crippen molar-refractivity contribution in [2.24, 2.45) is 0 Å². The maximum Gasteiger partial charge on any atom is 0.118 e. The molecule has 0 unspecified atom stereocenters. The Morgan fingerprint density at radius 2 is 1.88 bits per heavy atom. The van der Waals surface area contributed by atoms with Gasteiger partial charge in [-0.15, -0.1) is 0 Å². The maximum absolute atomic E-state index is 9.44. The standard InChI is InChI=1S/C14H13ClO/c1-10-8-11(6-7-14(10)16)9-12-4-2-3-5-13(12)15/h2-8,16H,9H2,1H3. The summed E-state index contributed by atoms with van der Waals surface area (Å²) in [5.74, 6) is 0.336. The van der Waals surface area contributed by atoms with E-state index in [2.05, 4.69) is 0 Å². The van der Waals surface area contributed by atoms with Gasteiger partial charge in [0.2, 0.25) is 0 Å². The third-order valence-corrected chi connectivity index (χ3v) is 2.98. The second-order valence-electron chi connectivity index (χ2n) is 3.89. The largest absolute Gasteiger partial charge is 0.508 e. The Morgan fingerprint density at radius 3 is 2.56 bits per heavy atom. The van der Waals surface area contributed by atoms with Gasteiger partial charge in [0.1, 0.15) is 5.75 Å².